The summed E-state index contributed by atoms with van der Waals surface area (Å²) < 4.78 is 5.60. The molecule has 86 valence electrons. The van der Waals surface area contributed by atoms with Crippen LogP contribution in [0.2, 0.25) is 0 Å². The molecule has 1 amide bonds. The number of hydrogen-bond acceptors (Lipinski definition) is 3. The third kappa shape index (κ3) is 2.33. The third-order valence-electron chi connectivity index (χ3n) is 2.60. The highest BCUT2D eigenvalue weighted by atomic mass is 16.5. The number of rotatable bonds is 4. The normalized spacial score (nSPS) is 14.2. The Morgan fingerprint density at radius 3 is 3.06 bits per heavy atom. The minimum Gasteiger partial charge on any atom is -0.491 e. The minimum atomic E-state index is 0.0578. The van der Waals surface area contributed by atoms with Gasteiger partial charge in [-0.1, -0.05) is 12.1 Å². The average Bonchev–Trinajstić information content (AvgIpc) is 2.30. The van der Waals surface area contributed by atoms with Gasteiger partial charge in [-0.05, 0) is 31.0 Å². The van der Waals surface area contributed by atoms with Gasteiger partial charge in [-0.2, -0.15) is 0 Å². The maximum Gasteiger partial charge on any atom is 0.224 e. The van der Waals surface area contributed by atoms with Crippen LogP contribution in [0.25, 0.3) is 0 Å². The molecule has 2 rings (SSSR count). The standard InChI is InChI=1S/C12H16N2O2/c13-7-2-8-16-10-4-1-3-9-5-6-11(15)14-12(9)10/h1,3-4H,2,5-8,13H2,(H,14,15). The Morgan fingerprint density at radius 2 is 2.25 bits per heavy atom. The summed E-state index contributed by atoms with van der Waals surface area (Å²) >= 11 is 0. The summed E-state index contributed by atoms with van der Waals surface area (Å²) in [6.07, 6.45) is 2.16. The molecular formula is C12H16N2O2. The van der Waals surface area contributed by atoms with Gasteiger partial charge in [0.05, 0.1) is 12.3 Å². The predicted octanol–water partition coefficient (Wildman–Crippen LogP) is 1.30. The van der Waals surface area contributed by atoms with Crippen molar-refractivity contribution in [2.24, 2.45) is 5.73 Å². The smallest absolute Gasteiger partial charge is 0.224 e. The molecule has 1 heterocycles. The predicted molar refractivity (Wildman–Crippen MR) is 62.6 cm³/mol. The molecule has 0 saturated carbocycles. The van der Waals surface area contributed by atoms with Gasteiger partial charge >= 0.3 is 0 Å². The molecule has 4 nitrogen and oxygen atoms in total. The quantitative estimate of drug-likeness (QED) is 0.752. The molecule has 1 aromatic carbocycles. The van der Waals surface area contributed by atoms with Gasteiger partial charge in [-0.25, -0.2) is 0 Å². The van der Waals surface area contributed by atoms with Crippen molar-refractivity contribution in [3.05, 3.63) is 23.8 Å². The number of anilines is 1. The Kier molecular flexibility index (Phi) is 3.41. The molecule has 3 N–H and O–H groups in total. The fourth-order valence-corrected chi connectivity index (χ4v) is 1.76. The number of aryl methyl sites for hydroxylation is 1. The topological polar surface area (TPSA) is 64.3 Å². The number of hydrogen-bond donors (Lipinski definition) is 2. The number of amides is 1. The Labute approximate surface area is 94.8 Å². The molecule has 0 fully saturated rings. The molecule has 0 bridgehead atoms. The minimum absolute atomic E-state index is 0.0578. The van der Waals surface area contributed by atoms with E-state index in [0.717, 1.165) is 29.8 Å². The van der Waals surface area contributed by atoms with E-state index in [1.54, 1.807) is 0 Å². The monoisotopic (exact) mass is 220 g/mol. The maximum absolute atomic E-state index is 11.3. The van der Waals surface area contributed by atoms with Gasteiger partial charge in [-0.15, -0.1) is 0 Å². The van der Waals surface area contributed by atoms with Crippen LogP contribution in [0.4, 0.5) is 5.69 Å². The van der Waals surface area contributed by atoms with Crippen molar-refractivity contribution in [1.29, 1.82) is 0 Å². The van der Waals surface area contributed by atoms with E-state index < -0.39 is 0 Å². The second-order valence-electron chi connectivity index (χ2n) is 3.83. The molecule has 0 unspecified atom stereocenters. The van der Waals surface area contributed by atoms with E-state index in [-0.39, 0.29) is 5.91 Å². The zero-order chi connectivity index (χ0) is 11.4. The van der Waals surface area contributed by atoms with E-state index in [1.165, 1.54) is 0 Å². The summed E-state index contributed by atoms with van der Waals surface area (Å²) in [4.78, 5) is 11.3. The maximum atomic E-state index is 11.3. The number of fused-ring (bicyclic) bond motifs is 1. The molecule has 0 aliphatic carbocycles. The molecule has 1 aromatic rings. The Morgan fingerprint density at radius 1 is 1.38 bits per heavy atom. The van der Waals surface area contributed by atoms with Crippen LogP contribution in [0.15, 0.2) is 18.2 Å². The Bertz CT molecular complexity index is 391. The van der Waals surface area contributed by atoms with Crippen LogP contribution in [0.3, 0.4) is 0 Å². The lowest BCUT2D eigenvalue weighted by atomic mass is 10.0. The van der Waals surface area contributed by atoms with Gasteiger partial charge < -0.3 is 15.8 Å². The number of carbonyl (C=O) groups excluding carboxylic acids is 1. The highest BCUT2D eigenvalue weighted by molar-refractivity contribution is 5.95. The van der Waals surface area contributed by atoms with Crippen LogP contribution in [0, 0.1) is 0 Å². The van der Waals surface area contributed by atoms with Crippen LogP contribution in [0.1, 0.15) is 18.4 Å². The lowest BCUT2D eigenvalue weighted by molar-refractivity contribution is -0.116. The summed E-state index contributed by atoms with van der Waals surface area (Å²) in [5, 5.41) is 2.86. The average molecular weight is 220 g/mol. The van der Waals surface area contributed by atoms with Gasteiger partial charge in [0.2, 0.25) is 5.91 Å². The lowest BCUT2D eigenvalue weighted by Crippen LogP contribution is -2.20. The van der Waals surface area contributed by atoms with Crippen LogP contribution in [-0.2, 0) is 11.2 Å². The summed E-state index contributed by atoms with van der Waals surface area (Å²) in [6, 6.07) is 5.85. The SMILES string of the molecule is NCCCOc1cccc2c1NC(=O)CC2. The van der Waals surface area contributed by atoms with E-state index in [9.17, 15) is 4.79 Å². The second-order valence-corrected chi connectivity index (χ2v) is 3.83. The number of benzene rings is 1. The van der Waals surface area contributed by atoms with E-state index in [1.807, 2.05) is 18.2 Å². The van der Waals surface area contributed by atoms with Gasteiger partial charge in [0.25, 0.3) is 0 Å². The van der Waals surface area contributed by atoms with E-state index in [2.05, 4.69) is 5.32 Å². The van der Waals surface area contributed by atoms with Crippen molar-refractivity contribution in [2.45, 2.75) is 19.3 Å². The van der Waals surface area contributed by atoms with Crippen LogP contribution in [0.5, 0.6) is 5.75 Å². The molecule has 4 heteroatoms. The van der Waals surface area contributed by atoms with Crippen molar-refractivity contribution in [1.82, 2.24) is 0 Å². The molecule has 16 heavy (non-hydrogen) atoms. The zero-order valence-corrected chi connectivity index (χ0v) is 9.16. The molecule has 0 atom stereocenters. The summed E-state index contributed by atoms with van der Waals surface area (Å²) in [7, 11) is 0. The van der Waals surface area contributed by atoms with Crippen LogP contribution < -0.4 is 15.8 Å². The van der Waals surface area contributed by atoms with Crippen molar-refractivity contribution < 1.29 is 9.53 Å². The number of ether oxygens (including phenoxy) is 1. The highest BCUT2D eigenvalue weighted by Gasteiger charge is 2.18. The van der Waals surface area contributed by atoms with Crippen LogP contribution in [-0.4, -0.2) is 19.1 Å². The summed E-state index contributed by atoms with van der Waals surface area (Å²) in [5.41, 5.74) is 7.38. The summed E-state index contributed by atoms with van der Waals surface area (Å²) in [5.74, 6) is 0.807. The first kappa shape index (κ1) is 11.0. The van der Waals surface area contributed by atoms with Gasteiger partial charge in [0, 0.05) is 6.42 Å². The molecular weight excluding hydrogens is 204 g/mol. The molecule has 1 aliphatic heterocycles. The first-order valence-electron chi connectivity index (χ1n) is 5.56. The molecule has 0 spiro atoms. The van der Waals surface area contributed by atoms with Gasteiger partial charge in [0.1, 0.15) is 5.75 Å². The third-order valence-corrected chi connectivity index (χ3v) is 2.60. The fraction of sp³-hybridized carbons (Fsp3) is 0.417. The van der Waals surface area contributed by atoms with Crippen molar-refractivity contribution in [2.75, 3.05) is 18.5 Å². The highest BCUT2D eigenvalue weighted by Crippen LogP contribution is 2.32. The van der Waals surface area contributed by atoms with Crippen molar-refractivity contribution >= 4 is 11.6 Å². The summed E-state index contributed by atoms with van der Waals surface area (Å²) in [6.45, 7) is 1.20. The number of carbonyl (C=O) groups is 1. The molecule has 0 saturated heterocycles. The Hall–Kier alpha value is -1.55. The van der Waals surface area contributed by atoms with Gasteiger partial charge in [0.15, 0.2) is 0 Å². The largest absolute Gasteiger partial charge is 0.491 e. The van der Waals surface area contributed by atoms with Gasteiger partial charge in [-0.3, -0.25) is 4.79 Å². The lowest BCUT2D eigenvalue weighted by Gasteiger charge is -2.20. The molecule has 0 radical (unpaired) electrons. The molecule has 1 aliphatic rings. The zero-order valence-electron chi connectivity index (χ0n) is 9.16. The first-order chi connectivity index (χ1) is 7.81. The van der Waals surface area contributed by atoms with E-state index in [4.69, 9.17) is 10.5 Å². The first-order valence-corrected chi connectivity index (χ1v) is 5.56. The number of nitrogens with one attached hydrogen (secondary N) is 1. The van der Waals surface area contributed by atoms with E-state index in [0.29, 0.717) is 19.6 Å². The number of para-hydroxylation sites is 1. The van der Waals surface area contributed by atoms with Crippen molar-refractivity contribution in [3.63, 3.8) is 0 Å². The van der Waals surface area contributed by atoms with Crippen LogP contribution >= 0.6 is 0 Å². The second kappa shape index (κ2) is 4.99. The number of nitrogens with two attached hydrogens (primary N) is 1. The Balaban J connectivity index is 2.15. The van der Waals surface area contributed by atoms with E-state index >= 15 is 0 Å². The fourth-order valence-electron chi connectivity index (χ4n) is 1.76. The van der Waals surface area contributed by atoms with Crippen molar-refractivity contribution in [3.8, 4) is 5.75 Å². The molecule has 0 aromatic heterocycles.